The van der Waals surface area contributed by atoms with Gasteiger partial charge in [-0.1, -0.05) is 55.2 Å². The van der Waals surface area contributed by atoms with Crippen molar-refractivity contribution in [2.24, 2.45) is 0 Å². The molecule has 0 aliphatic rings. The van der Waals surface area contributed by atoms with Crippen molar-refractivity contribution in [3.8, 4) is 0 Å². The van der Waals surface area contributed by atoms with Crippen LogP contribution in [0, 0.1) is 0 Å². The van der Waals surface area contributed by atoms with Gasteiger partial charge in [0.25, 0.3) is 0 Å². The summed E-state index contributed by atoms with van der Waals surface area (Å²) in [7, 11) is 0. The van der Waals surface area contributed by atoms with Crippen LogP contribution >= 0.6 is 27.5 Å². The molecule has 2 aromatic rings. The Bertz CT molecular complexity index is 526. The largest absolute Gasteiger partial charge is 0.289 e. The fraction of sp³-hybridized carbons (Fsp3) is 0.250. The molecule has 0 fully saturated rings. The smallest absolute Gasteiger partial charge is 0.193 e. The number of hydrogen-bond acceptors (Lipinski definition) is 2. The zero-order chi connectivity index (χ0) is 15.5. The van der Waals surface area contributed by atoms with Gasteiger partial charge < -0.3 is 0 Å². The molecule has 0 unspecified atom stereocenters. The molecular weight excluding hydrogens is 338 g/mol. The third-order valence-corrected chi connectivity index (χ3v) is 2.83. The number of nitrogens with zero attached hydrogens (tertiary/aromatic N) is 1. The van der Waals surface area contributed by atoms with Crippen molar-refractivity contribution >= 4 is 33.3 Å². The molecule has 4 heteroatoms. The zero-order valence-corrected chi connectivity index (χ0v) is 14.5. The molecule has 108 valence electrons. The van der Waals surface area contributed by atoms with Crippen LogP contribution in [0.25, 0.3) is 0 Å². The molecule has 1 heterocycles. The number of halogens is 2. The van der Waals surface area contributed by atoms with Gasteiger partial charge in [-0.15, -0.1) is 0 Å². The summed E-state index contributed by atoms with van der Waals surface area (Å²) < 4.78 is 0.941. The Morgan fingerprint density at radius 2 is 1.55 bits per heavy atom. The van der Waals surface area contributed by atoms with Crippen LogP contribution in [0.2, 0.25) is 5.15 Å². The van der Waals surface area contributed by atoms with Crippen LogP contribution in [0.3, 0.4) is 0 Å². The zero-order valence-electron chi connectivity index (χ0n) is 12.2. The maximum atomic E-state index is 12.0. The van der Waals surface area contributed by atoms with Crippen LogP contribution in [-0.4, -0.2) is 10.8 Å². The molecule has 0 N–H and O–H groups in total. The molecule has 0 saturated carbocycles. The molecule has 0 aliphatic carbocycles. The van der Waals surface area contributed by atoms with E-state index in [2.05, 4.69) is 20.9 Å². The summed E-state index contributed by atoms with van der Waals surface area (Å²) in [6, 6.07) is 10.4. The first kappa shape index (κ1) is 18.8. The van der Waals surface area contributed by atoms with Crippen LogP contribution in [0.4, 0.5) is 0 Å². The van der Waals surface area contributed by atoms with Crippen LogP contribution in [0.15, 0.2) is 47.1 Å². The maximum Gasteiger partial charge on any atom is 0.193 e. The molecule has 2 nitrogen and oxygen atoms in total. The minimum atomic E-state index is -0.0585. The molecule has 2 rings (SSSR count). The van der Waals surface area contributed by atoms with Crippen molar-refractivity contribution in [3.05, 3.63) is 63.3 Å². The third-order valence-electron chi connectivity index (χ3n) is 2.10. The molecule has 0 radical (unpaired) electrons. The van der Waals surface area contributed by atoms with Gasteiger partial charge in [-0.3, -0.25) is 4.79 Å². The number of ketones is 1. The lowest BCUT2D eigenvalue weighted by atomic mass is 10.1. The van der Waals surface area contributed by atoms with Crippen LogP contribution in [0.5, 0.6) is 0 Å². The predicted octanol–water partition coefficient (Wildman–Crippen LogP) is 5.78. The minimum Gasteiger partial charge on any atom is -0.289 e. The van der Waals surface area contributed by atoms with Crippen LogP contribution in [-0.2, 0) is 0 Å². The van der Waals surface area contributed by atoms with Crippen molar-refractivity contribution in [3.63, 3.8) is 0 Å². The second-order valence-electron chi connectivity index (χ2n) is 3.20. The summed E-state index contributed by atoms with van der Waals surface area (Å²) in [6.07, 6.45) is 1.52. The molecule has 0 atom stereocenters. The molecule has 1 aromatic heterocycles. The fourth-order valence-corrected chi connectivity index (χ4v) is 1.75. The second-order valence-corrected chi connectivity index (χ2v) is 4.51. The molecular formula is C16H19BrClNO. The Balaban J connectivity index is 0.000000829. The number of carbonyl (C=O) groups excluding carboxylic acids is 1. The predicted molar refractivity (Wildman–Crippen MR) is 89.5 cm³/mol. The van der Waals surface area contributed by atoms with Gasteiger partial charge >= 0.3 is 0 Å². The first-order chi connectivity index (χ1) is 9.66. The Morgan fingerprint density at radius 3 is 2.05 bits per heavy atom. The maximum absolute atomic E-state index is 12.0. The molecule has 0 spiro atoms. The Hall–Kier alpha value is -1.19. The van der Waals surface area contributed by atoms with Gasteiger partial charge in [0.1, 0.15) is 5.15 Å². The summed E-state index contributed by atoms with van der Waals surface area (Å²) in [5.74, 6) is -0.0585. The molecule has 0 amide bonds. The molecule has 0 bridgehead atoms. The summed E-state index contributed by atoms with van der Waals surface area (Å²) in [5, 5.41) is 0.322. The number of rotatable bonds is 2. The Kier molecular flexibility index (Phi) is 9.95. The van der Waals surface area contributed by atoms with Gasteiger partial charge in [-0.05, 0) is 36.4 Å². The fourth-order valence-electron chi connectivity index (χ4n) is 1.31. The topological polar surface area (TPSA) is 30.0 Å². The molecule has 0 saturated heterocycles. The van der Waals surface area contributed by atoms with Gasteiger partial charge in [0.2, 0.25) is 0 Å². The monoisotopic (exact) mass is 355 g/mol. The SMILES string of the molecule is CC.CC.O=C(c1ccc(Br)cc1)c1ccnc(Cl)c1. The van der Waals surface area contributed by atoms with Crippen molar-refractivity contribution in [1.82, 2.24) is 4.98 Å². The van der Waals surface area contributed by atoms with E-state index >= 15 is 0 Å². The molecule has 20 heavy (non-hydrogen) atoms. The van der Waals surface area contributed by atoms with E-state index in [1.165, 1.54) is 6.20 Å². The number of aromatic nitrogens is 1. The Morgan fingerprint density at radius 1 is 1.00 bits per heavy atom. The third kappa shape index (κ3) is 5.85. The highest BCUT2D eigenvalue weighted by Crippen LogP contribution is 2.15. The number of carbonyl (C=O) groups is 1. The van der Waals surface area contributed by atoms with Crippen molar-refractivity contribution in [1.29, 1.82) is 0 Å². The average Bonchev–Trinajstić information content (AvgIpc) is 2.51. The van der Waals surface area contributed by atoms with E-state index in [4.69, 9.17) is 11.6 Å². The van der Waals surface area contributed by atoms with E-state index in [1.54, 1.807) is 24.3 Å². The lowest BCUT2D eigenvalue weighted by molar-refractivity contribution is 0.103. The highest BCUT2D eigenvalue weighted by Gasteiger charge is 2.09. The summed E-state index contributed by atoms with van der Waals surface area (Å²) in [4.78, 5) is 15.8. The van der Waals surface area contributed by atoms with Crippen molar-refractivity contribution in [2.45, 2.75) is 27.7 Å². The van der Waals surface area contributed by atoms with Crippen molar-refractivity contribution in [2.75, 3.05) is 0 Å². The second kappa shape index (κ2) is 10.6. The highest BCUT2D eigenvalue weighted by atomic mass is 79.9. The average molecular weight is 357 g/mol. The van der Waals surface area contributed by atoms with E-state index in [0.29, 0.717) is 16.3 Å². The van der Waals surface area contributed by atoms with E-state index < -0.39 is 0 Å². The van der Waals surface area contributed by atoms with Gasteiger partial charge in [-0.25, -0.2) is 4.98 Å². The van der Waals surface area contributed by atoms with Gasteiger partial charge in [0.15, 0.2) is 5.78 Å². The van der Waals surface area contributed by atoms with Crippen molar-refractivity contribution < 1.29 is 4.79 Å². The quantitative estimate of drug-likeness (QED) is 0.504. The van der Waals surface area contributed by atoms with E-state index in [9.17, 15) is 4.79 Å². The molecule has 1 aromatic carbocycles. The number of hydrogen-bond donors (Lipinski definition) is 0. The Labute approximate surface area is 134 Å². The van der Waals surface area contributed by atoms with Gasteiger partial charge in [-0.2, -0.15) is 0 Å². The summed E-state index contributed by atoms with van der Waals surface area (Å²) in [5.41, 5.74) is 1.17. The van der Waals surface area contributed by atoms with Crippen LogP contribution in [0.1, 0.15) is 43.6 Å². The first-order valence-corrected chi connectivity index (χ1v) is 7.76. The van der Waals surface area contributed by atoms with Gasteiger partial charge in [0.05, 0.1) is 0 Å². The van der Waals surface area contributed by atoms with Crippen LogP contribution < -0.4 is 0 Å². The lowest BCUT2D eigenvalue weighted by Gasteiger charge is -2.01. The highest BCUT2D eigenvalue weighted by molar-refractivity contribution is 9.10. The lowest BCUT2D eigenvalue weighted by Crippen LogP contribution is -2.01. The summed E-state index contributed by atoms with van der Waals surface area (Å²) in [6.45, 7) is 8.00. The molecule has 0 aliphatic heterocycles. The normalized spacial score (nSPS) is 8.70. The van der Waals surface area contributed by atoms with E-state index in [0.717, 1.165) is 4.47 Å². The van der Waals surface area contributed by atoms with E-state index in [1.807, 2.05) is 39.8 Å². The van der Waals surface area contributed by atoms with E-state index in [-0.39, 0.29) is 5.78 Å². The number of benzene rings is 1. The summed E-state index contributed by atoms with van der Waals surface area (Å²) >= 11 is 9.05. The first-order valence-electron chi connectivity index (χ1n) is 6.58. The minimum absolute atomic E-state index is 0.0585. The standard InChI is InChI=1S/C12H7BrClNO.2C2H6/c13-10-3-1-8(2-4-10)12(16)9-5-6-15-11(14)7-9;2*1-2/h1-7H;2*1-2H3. The number of pyridine rings is 1. The van der Waals surface area contributed by atoms with Gasteiger partial charge in [0, 0.05) is 21.8 Å².